The number of anilines is 1. The molecule has 26 heavy (non-hydrogen) atoms. The average molecular weight is 356 g/mol. The van der Waals surface area contributed by atoms with Gasteiger partial charge >= 0.3 is 5.97 Å². The number of carbonyl (C=O) groups excluding carboxylic acids is 1. The molecule has 0 saturated carbocycles. The molecule has 1 aromatic carbocycles. The number of benzene rings is 1. The van der Waals surface area contributed by atoms with Gasteiger partial charge in [0.1, 0.15) is 11.9 Å². The number of hydrogen-bond donors (Lipinski definition) is 2. The third kappa shape index (κ3) is 4.49. The lowest BCUT2D eigenvalue weighted by atomic mass is 10.0. The van der Waals surface area contributed by atoms with Crippen molar-refractivity contribution in [2.75, 3.05) is 18.4 Å². The maximum atomic E-state index is 12.4. The van der Waals surface area contributed by atoms with Crippen molar-refractivity contribution in [3.05, 3.63) is 47.7 Å². The van der Waals surface area contributed by atoms with E-state index in [-0.39, 0.29) is 12.5 Å². The highest BCUT2D eigenvalue weighted by atomic mass is 16.4. The van der Waals surface area contributed by atoms with Crippen molar-refractivity contribution in [1.29, 1.82) is 0 Å². The Morgan fingerprint density at radius 2 is 2.15 bits per heavy atom. The van der Waals surface area contributed by atoms with E-state index >= 15 is 0 Å². The largest absolute Gasteiger partial charge is 0.480 e. The number of amides is 1. The fraction of sp³-hybridized carbons (Fsp3) is 0.421. The second-order valence-electron chi connectivity index (χ2n) is 6.73. The molecule has 138 valence electrons. The van der Waals surface area contributed by atoms with Crippen LogP contribution in [0.15, 0.2) is 36.5 Å². The molecule has 1 saturated heterocycles. The summed E-state index contributed by atoms with van der Waals surface area (Å²) in [5, 5.41) is 16.5. The number of nitrogens with zero attached hydrogens (tertiary/aromatic N) is 3. The first-order valence-electron chi connectivity index (χ1n) is 8.87. The molecule has 0 spiro atoms. The van der Waals surface area contributed by atoms with Crippen LogP contribution in [0.1, 0.15) is 30.4 Å². The summed E-state index contributed by atoms with van der Waals surface area (Å²) in [6.07, 6.45) is 4.04. The number of rotatable bonds is 6. The van der Waals surface area contributed by atoms with Gasteiger partial charge in [0, 0.05) is 6.07 Å². The standard InChI is InChI=1S/C19H24N4O3/c1-14-5-4-6-15(11-14)12-23-17(8-9-20-23)21-18(24)13-22-10-3-2-7-16(22)19(25)26/h4-6,8-9,11,16H,2-3,7,10,12-13H2,1H3,(H,21,24)(H,25,26). The molecule has 1 amide bonds. The molecular formula is C19H24N4O3. The van der Waals surface area contributed by atoms with Crippen molar-refractivity contribution < 1.29 is 14.7 Å². The molecule has 1 fully saturated rings. The van der Waals surface area contributed by atoms with E-state index in [0.717, 1.165) is 18.4 Å². The maximum Gasteiger partial charge on any atom is 0.320 e. The Morgan fingerprint density at radius 3 is 2.92 bits per heavy atom. The van der Waals surface area contributed by atoms with E-state index in [2.05, 4.69) is 16.5 Å². The molecule has 1 unspecified atom stereocenters. The van der Waals surface area contributed by atoms with Gasteiger partial charge in [-0.2, -0.15) is 5.10 Å². The minimum atomic E-state index is -0.859. The van der Waals surface area contributed by atoms with Gasteiger partial charge in [0.2, 0.25) is 5.91 Å². The highest BCUT2D eigenvalue weighted by Gasteiger charge is 2.29. The van der Waals surface area contributed by atoms with E-state index in [1.54, 1.807) is 21.8 Å². The third-order valence-electron chi connectivity index (χ3n) is 4.64. The molecule has 2 heterocycles. The summed E-state index contributed by atoms with van der Waals surface area (Å²) in [7, 11) is 0. The second kappa shape index (κ2) is 8.14. The summed E-state index contributed by atoms with van der Waals surface area (Å²) in [5.41, 5.74) is 2.27. The number of carboxylic acids is 1. The monoisotopic (exact) mass is 356 g/mol. The van der Waals surface area contributed by atoms with Crippen LogP contribution in [0.5, 0.6) is 0 Å². The Bertz CT molecular complexity index is 787. The fourth-order valence-corrected chi connectivity index (χ4v) is 3.38. The van der Waals surface area contributed by atoms with Crippen LogP contribution in [0.25, 0.3) is 0 Å². The molecule has 7 nitrogen and oxygen atoms in total. The van der Waals surface area contributed by atoms with Crippen LogP contribution in [0.3, 0.4) is 0 Å². The zero-order valence-electron chi connectivity index (χ0n) is 14.9. The number of aryl methyl sites for hydroxylation is 1. The summed E-state index contributed by atoms with van der Waals surface area (Å²) < 4.78 is 1.73. The van der Waals surface area contributed by atoms with Crippen molar-refractivity contribution in [1.82, 2.24) is 14.7 Å². The summed E-state index contributed by atoms with van der Waals surface area (Å²) in [6, 6.07) is 9.30. The zero-order chi connectivity index (χ0) is 18.5. The Balaban J connectivity index is 1.63. The number of carboxylic acid groups (broad SMARTS) is 1. The zero-order valence-corrected chi connectivity index (χ0v) is 14.9. The first kappa shape index (κ1) is 18.1. The van der Waals surface area contributed by atoms with E-state index in [4.69, 9.17) is 0 Å². The van der Waals surface area contributed by atoms with Crippen molar-refractivity contribution in [2.24, 2.45) is 0 Å². The van der Waals surface area contributed by atoms with Crippen LogP contribution in [-0.4, -0.2) is 50.8 Å². The van der Waals surface area contributed by atoms with E-state index < -0.39 is 12.0 Å². The van der Waals surface area contributed by atoms with Gasteiger partial charge in [-0.15, -0.1) is 0 Å². The minimum absolute atomic E-state index is 0.0760. The third-order valence-corrected chi connectivity index (χ3v) is 4.64. The Labute approximate surface area is 152 Å². The molecule has 1 aromatic heterocycles. The number of hydrogen-bond acceptors (Lipinski definition) is 4. The van der Waals surface area contributed by atoms with Gasteiger partial charge < -0.3 is 10.4 Å². The highest BCUT2D eigenvalue weighted by molar-refractivity contribution is 5.91. The van der Waals surface area contributed by atoms with Crippen LogP contribution in [-0.2, 0) is 16.1 Å². The van der Waals surface area contributed by atoms with Crippen LogP contribution < -0.4 is 5.32 Å². The summed E-state index contributed by atoms with van der Waals surface area (Å²) in [5.74, 6) is -0.466. The van der Waals surface area contributed by atoms with Crippen molar-refractivity contribution in [3.8, 4) is 0 Å². The smallest absolute Gasteiger partial charge is 0.320 e. The number of piperidine rings is 1. The van der Waals surface area contributed by atoms with Gasteiger partial charge in [-0.1, -0.05) is 36.2 Å². The predicted molar refractivity (Wildman–Crippen MR) is 98.0 cm³/mol. The molecule has 2 N–H and O–H groups in total. The van der Waals surface area contributed by atoms with Crippen molar-refractivity contribution in [3.63, 3.8) is 0 Å². The Hall–Kier alpha value is -2.67. The Morgan fingerprint density at radius 1 is 1.31 bits per heavy atom. The SMILES string of the molecule is Cc1cccc(Cn2nccc2NC(=O)CN2CCCCC2C(=O)O)c1. The molecular weight excluding hydrogens is 332 g/mol. The van der Waals surface area contributed by atoms with E-state index in [1.807, 2.05) is 25.1 Å². The number of carbonyl (C=O) groups is 2. The number of aliphatic carboxylic acids is 1. The van der Waals surface area contributed by atoms with Crippen molar-refractivity contribution in [2.45, 2.75) is 38.8 Å². The first-order valence-corrected chi connectivity index (χ1v) is 8.87. The molecule has 7 heteroatoms. The number of aromatic nitrogens is 2. The molecule has 2 aromatic rings. The fourth-order valence-electron chi connectivity index (χ4n) is 3.38. The predicted octanol–water partition coefficient (Wildman–Crippen LogP) is 2.12. The van der Waals surface area contributed by atoms with E-state index in [0.29, 0.717) is 25.3 Å². The average Bonchev–Trinajstić information content (AvgIpc) is 3.01. The second-order valence-corrected chi connectivity index (χ2v) is 6.73. The van der Waals surface area contributed by atoms with Gasteiger partial charge in [0.05, 0.1) is 19.3 Å². The van der Waals surface area contributed by atoms with Crippen LogP contribution in [0, 0.1) is 6.92 Å². The normalized spacial score (nSPS) is 17.8. The molecule has 0 bridgehead atoms. The van der Waals surface area contributed by atoms with E-state index in [9.17, 15) is 14.7 Å². The van der Waals surface area contributed by atoms with Crippen LogP contribution >= 0.6 is 0 Å². The molecule has 1 aliphatic rings. The topological polar surface area (TPSA) is 87.5 Å². The number of nitrogens with one attached hydrogen (secondary N) is 1. The highest BCUT2D eigenvalue weighted by Crippen LogP contribution is 2.17. The van der Waals surface area contributed by atoms with Gasteiger partial charge in [0.25, 0.3) is 0 Å². The maximum absolute atomic E-state index is 12.4. The lowest BCUT2D eigenvalue weighted by molar-refractivity contribution is -0.145. The quantitative estimate of drug-likeness (QED) is 0.828. The molecule has 0 radical (unpaired) electrons. The molecule has 0 aliphatic carbocycles. The lowest BCUT2D eigenvalue weighted by Gasteiger charge is -2.32. The van der Waals surface area contributed by atoms with Crippen LogP contribution in [0.2, 0.25) is 0 Å². The summed E-state index contributed by atoms with van der Waals surface area (Å²) in [6.45, 7) is 3.30. The molecule has 1 aliphatic heterocycles. The van der Waals surface area contributed by atoms with Gasteiger partial charge in [0.15, 0.2) is 0 Å². The summed E-state index contributed by atoms with van der Waals surface area (Å²) >= 11 is 0. The lowest BCUT2D eigenvalue weighted by Crippen LogP contribution is -2.47. The van der Waals surface area contributed by atoms with E-state index in [1.165, 1.54) is 5.56 Å². The summed E-state index contributed by atoms with van der Waals surface area (Å²) in [4.78, 5) is 25.5. The first-order chi connectivity index (χ1) is 12.5. The van der Waals surface area contributed by atoms with Crippen LogP contribution in [0.4, 0.5) is 5.82 Å². The minimum Gasteiger partial charge on any atom is -0.480 e. The van der Waals surface area contributed by atoms with Gasteiger partial charge in [-0.05, 0) is 31.9 Å². The molecule has 1 atom stereocenters. The van der Waals surface area contributed by atoms with Gasteiger partial charge in [-0.3, -0.25) is 14.5 Å². The van der Waals surface area contributed by atoms with Gasteiger partial charge in [-0.25, -0.2) is 4.68 Å². The number of likely N-dealkylation sites (tertiary alicyclic amines) is 1. The molecule has 3 rings (SSSR count). The Kier molecular flexibility index (Phi) is 5.68. The van der Waals surface area contributed by atoms with Crippen molar-refractivity contribution >= 4 is 17.7 Å².